The van der Waals surface area contributed by atoms with Crippen LogP contribution in [0.15, 0.2) is 11.8 Å². The molecule has 0 aromatic heterocycles. The smallest absolute Gasteiger partial charge is 0.318 e. The van der Waals surface area contributed by atoms with E-state index in [1.54, 1.807) is 0 Å². The van der Waals surface area contributed by atoms with E-state index in [1.807, 2.05) is 20.3 Å². The molecular formula is C13H25N3O. The molecule has 0 aliphatic heterocycles. The predicted octanol–water partition coefficient (Wildman–Crippen LogP) is 2.09. The van der Waals surface area contributed by atoms with Gasteiger partial charge in [-0.15, -0.1) is 0 Å². The van der Waals surface area contributed by atoms with Crippen LogP contribution in [0.4, 0.5) is 4.79 Å². The lowest BCUT2D eigenvalue weighted by Crippen LogP contribution is -2.34. The van der Waals surface area contributed by atoms with Gasteiger partial charge in [-0.1, -0.05) is 12.0 Å². The molecule has 1 saturated carbocycles. The van der Waals surface area contributed by atoms with Crippen LogP contribution in [0.25, 0.3) is 0 Å². The molecule has 0 radical (unpaired) electrons. The fourth-order valence-electron chi connectivity index (χ4n) is 1.97. The normalized spacial score (nSPS) is 15.8. The van der Waals surface area contributed by atoms with Crippen LogP contribution in [0.5, 0.6) is 0 Å². The summed E-state index contributed by atoms with van der Waals surface area (Å²) < 4.78 is 0. The number of carbonyl (C=O) groups excluding carboxylic acids is 1. The van der Waals surface area contributed by atoms with Crippen molar-refractivity contribution in [3.63, 3.8) is 0 Å². The maximum atomic E-state index is 11.4. The van der Waals surface area contributed by atoms with Crippen LogP contribution in [-0.2, 0) is 0 Å². The molecule has 1 fully saturated rings. The van der Waals surface area contributed by atoms with E-state index in [1.165, 1.54) is 24.8 Å². The third kappa shape index (κ3) is 7.00. The molecule has 1 rings (SSSR count). The first-order chi connectivity index (χ1) is 8.18. The highest BCUT2D eigenvalue weighted by Crippen LogP contribution is 2.21. The van der Waals surface area contributed by atoms with Crippen molar-refractivity contribution in [2.75, 3.05) is 27.2 Å². The van der Waals surface area contributed by atoms with Crippen LogP contribution >= 0.6 is 0 Å². The number of carbonyl (C=O) groups is 1. The number of amides is 2. The Morgan fingerprint density at radius 1 is 1.29 bits per heavy atom. The molecule has 4 heteroatoms. The van der Waals surface area contributed by atoms with Crippen molar-refractivity contribution in [1.29, 1.82) is 0 Å². The first kappa shape index (κ1) is 14.0. The minimum Gasteiger partial charge on any atom is -0.338 e. The Morgan fingerprint density at radius 2 is 2.00 bits per heavy atom. The summed E-state index contributed by atoms with van der Waals surface area (Å²) in [5.74, 6) is 0. The summed E-state index contributed by atoms with van der Waals surface area (Å²) >= 11 is 0. The zero-order chi connectivity index (χ0) is 12.5. The summed E-state index contributed by atoms with van der Waals surface area (Å²) in [6.45, 7) is 1.73. The SMILES string of the molecule is CN(C)CCCNC(=O)NC=C1CCCCC1. The largest absolute Gasteiger partial charge is 0.338 e. The zero-order valence-electron chi connectivity index (χ0n) is 11.1. The summed E-state index contributed by atoms with van der Waals surface area (Å²) in [4.78, 5) is 13.6. The van der Waals surface area contributed by atoms with Gasteiger partial charge in [0, 0.05) is 12.7 Å². The Morgan fingerprint density at radius 3 is 2.65 bits per heavy atom. The number of hydrogen-bond donors (Lipinski definition) is 2. The second-order valence-corrected chi connectivity index (χ2v) is 4.92. The Bertz CT molecular complexity index is 253. The number of nitrogens with one attached hydrogen (secondary N) is 2. The van der Waals surface area contributed by atoms with Crippen LogP contribution < -0.4 is 10.6 Å². The van der Waals surface area contributed by atoms with E-state index in [4.69, 9.17) is 0 Å². The summed E-state index contributed by atoms with van der Waals surface area (Å²) in [6.07, 6.45) is 9.00. The van der Waals surface area contributed by atoms with Crippen molar-refractivity contribution in [3.05, 3.63) is 11.8 Å². The lowest BCUT2D eigenvalue weighted by atomic mass is 9.96. The van der Waals surface area contributed by atoms with Crippen molar-refractivity contribution in [3.8, 4) is 0 Å². The molecule has 2 amide bonds. The molecule has 4 nitrogen and oxygen atoms in total. The summed E-state index contributed by atoms with van der Waals surface area (Å²) in [7, 11) is 4.07. The second kappa shape index (κ2) is 8.12. The maximum absolute atomic E-state index is 11.4. The maximum Gasteiger partial charge on any atom is 0.318 e. The highest BCUT2D eigenvalue weighted by Gasteiger charge is 2.05. The molecule has 98 valence electrons. The van der Waals surface area contributed by atoms with Crippen molar-refractivity contribution >= 4 is 6.03 Å². The average molecular weight is 239 g/mol. The Kier molecular flexibility index (Phi) is 6.70. The van der Waals surface area contributed by atoms with Crippen LogP contribution in [0.3, 0.4) is 0 Å². The topological polar surface area (TPSA) is 44.4 Å². The lowest BCUT2D eigenvalue weighted by molar-refractivity contribution is 0.243. The van der Waals surface area contributed by atoms with Crippen molar-refractivity contribution < 1.29 is 4.79 Å². The minimum atomic E-state index is -0.0816. The van der Waals surface area contributed by atoms with Crippen molar-refractivity contribution in [1.82, 2.24) is 15.5 Å². The zero-order valence-corrected chi connectivity index (χ0v) is 11.1. The first-order valence-electron chi connectivity index (χ1n) is 6.55. The van der Waals surface area contributed by atoms with Gasteiger partial charge in [-0.25, -0.2) is 4.79 Å². The first-order valence-corrected chi connectivity index (χ1v) is 6.55. The van der Waals surface area contributed by atoms with Gasteiger partial charge >= 0.3 is 6.03 Å². The summed E-state index contributed by atoms with van der Waals surface area (Å²) in [5, 5.41) is 5.67. The molecule has 1 aliphatic carbocycles. The van der Waals surface area contributed by atoms with E-state index in [9.17, 15) is 4.79 Å². The molecule has 0 heterocycles. The van der Waals surface area contributed by atoms with E-state index in [-0.39, 0.29) is 6.03 Å². The fraction of sp³-hybridized carbons (Fsp3) is 0.769. The predicted molar refractivity (Wildman–Crippen MR) is 70.9 cm³/mol. The van der Waals surface area contributed by atoms with Crippen molar-refractivity contribution in [2.24, 2.45) is 0 Å². The molecule has 0 unspecified atom stereocenters. The molecule has 17 heavy (non-hydrogen) atoms. The highest BCUT2D eigenvalue weighted by molar-refractivity contribution is 5.74. The number of rotatable bonds is 5. The van der Waals surface area contributed by atoms with E-state index in [0.29, 0.717) is 0 Å². The molecule has 0 saturated heterocycles. The standard InChI is InChI=1S/C13H25N3O/c1-16(2)10-6-9-14-13(17)15-11-12-7-4-3-5-8-12/h11H,3-10H2,1-2H3,(H2,14,15,17). The van der Waals surface area contributed by atoms with Gasteiger partial charge < -0.3 is 15.5 Å². The molecule has 0 bridgehead atoms. The molecule has 0 aromatic rings. The van der Waals surface area contributed by atoms with E-state index in [0.717, 1.165) is 32.4 Å². The number of hydrogen-bond acceptors (Lipinski definition) is 2. The van der Waals surface area contributed by atoms with Crippen LogP contribution in [-0.4, -0.2) is 38.1 Å². The quantitative estimate of drug-likeness (QED) is 0.722. The molecule has 1 aliphatic rings. The van der Waals surface area contributed by atoms with Gasteiger partial charge in [0.15, 0.2) is 0 Å². The van der Waals surface area contributed by atoms with Gasteiger partial charge in [-0.3, -0.25) is 0 Å². The van der Waals surface area contributed by atoms with Gasteiger partial charge in [-0.2, -0.15) is 0 Å². The number of urea groups is 1. The van der Waals surface area contributed by atoms with Crippen LogP contribution in [0.2, 0.25) is 0 Å². The number of nitrogens with zero attached hydrogens (tertiary/aromatic N) is 1. The van der Waals surface area contributed by atoms with Gasteiger partial charge in [0.05, 0.1) is 0 Å². The van der Waals surface area contributed by atoms with E-state index in [2.05, 4.69) is 15.5 Å². The summed E-state index contributed by atoms with van der Waals surface area (Å²) in [6, 6.07) is -0.0816. The lowest BCUT2D eigenvalue weighted by Gasteiger charge is -2.14. The van der Waals surface area contributed by atoms with Gasteiger partial charge in [0.2, 0.25) is 0 Å². The Balaban J connectivity index is 2.08. The minimum absolute atomic E-state index is 0.0816. The van der Waals surface area contributed by atoms with Crippen molar-refractivity contribution in [2.45, 2.75) is 38.5 Å². The van der Waals surface area contributed by atoms with E-state index >= 15 is 0 Å². The van der Waals surface area contributed by atoms with Crippen LogP contribution in [0.1, 0.15) is 38.5 Å². The van der Waals surface area contributed by atoms with Gasteiger partial charge in [0.25, 0.3) is 0 Å². The molecule has 0 atom stereocenters. The monoisotopic (exact) mass is 239 g/mol. The molecule has 0 spiro atoms. The Hall–Kier alpha value is -1.03. The van der Waals surface area contributed by atoms with Crippen LogP contribution in [0, 0.1) is 0 Å². The average Bonchev–Trinajstić information content (AvgIpc) is 2.33. The molecule has 0 aromatic carbocycles. The third-order valence-electron chi connectivity index (χ3n) is 2.97. The Labute approximate surface area is 104 Å². The molecular weight excluding hydrogens is 214 g/mol. The highest BCUT2D eigenvalue weighted by atomic mass is 16.2. The molecule has 2 N–H and O–H groups in total. The number of allylic oxidation sites excluding steroid dienone is 1. The van der Waals surface area contributed by atoms with E-state index < -0.39 is 0 Å². The summed E-state index contributed by atoms with van der Waals surface area (Å²) in [5.41, 5.74) is 1.37. The van der Waals surface area contributed by atoms with Gasteiger partial charge in [-0.05, 0) is 52.7 Å². The fourth-order valence-corrected chi connectivity index (χ4v) is 1.97. The van der Waals surface area contributed by atoms with Gasteiger partial charge in [0.1, 0.15) is 0 Å². The third-order valence-corrected chi connectivity index (χ3v) is 2.97. The second-order valence-electron chi connectivity index (χ2n) is 4.92.